The Labute approximate surface area is 121 Å². The monoisotopic (exact) mass is 290 g/mol. The summed E-state index contributed by atoms with van der Waals surface area (Å²) in [4.78, 5) is 11.9. The van der Waals surface area contributed by atoms with Crippen LogP contribution in [0.25, 0.3) is 0 Å². The Morgan fingerprint density at radius 1 is 1.19 bits per heavy atom. The zero-order chi connectivity index (χ0) is 15.1. The molecule has 0 aliphatic heterocycles. The molecule has 0 aliphatic carbocycles. The topological polar surface area (TPSA) is 76.1 Å². The summed E-state index contributed by atoms with van der Waals surface area (Å²) in [6.45, 7) is 1.15. The first-order valence-corrected chi connectivity index (χ1v) is 6.33. The average Bonchev–Trinajstić information content (AvgIpc) is 2.49. The van der Waals surface area contributed by atoms with Crippen LogP contribution in [-0.4, -0.2) is 36.4 Å². The Bertz CT molecular complexity index is 604. The lowest BCUT2D eigenvalue weighted by Gasteiger charge is -2.06. The molecule has 0 saturated heterocycles. The second kappa shape index (κ2) is 7.30. The van der Waals surface area contributed by atoms with E-state index in [-0.39, 0.29) is 11.4 Å². The van der Waals surface area contributed by atoms with Crippen LogP contribution in [0.5, 0.6) is 0 Å². The van der Waals surface area contributed by atoms with Gasteiger partial charge in [0.2, 0.25) is 0 Å². The maximum Gasteiger partial charge on any atom is 0.259 e. The molecular formula is C14H15FN4O2. The van der Waals surface area contributed by atoms with Gasteiger partial charge in [0.05, 0.1) is 12.2 Å². The highest BCUT2D eigenvalue weighted by Crippen LogP contribution is 2.10. The van der Waals surface area contributed by atoms with E-state index in [9.17, 15) is 9.18 Å². The van der Waals surface area contributed by atoms with Crippen LogP contribution in [0, 0.1) is 5.82 Å². The van der Waals surface area contributed by atoms with Crippen molar-refractivity contribution in [3.05, 3.63) is 47.8 Å². The number of benzene rings is 1. The fraction of sp³-hybridized carbons (Fsp3) is 0.214. The van der Waals surface area contributed by atoms with Crippen molar-refractivity contribution in [1.29, 1.82) is 0 Å². The molecule has 0 fully saturated rings. The Kier molecular flexibility index (Phi) is 5.16. The van der Waals surface area contributed by atoms with E-state index in [1.54, 1.807) is 25.3 Å². The molecule has 2 rings (SSSR count). The summed E-state index contributed by atoms with van der Waals surface area (Å²) in [5.41, 5.74) is -0.0402. The molecule has 6 nitrogen and oxygen atoms in total. The van der Waals surface area contributed by atoms with Crippen LogP contribution in [0.3, 0.4) is 0 Å². The first kappa shape index (κ1) is 14.9. The molecule has 110 valence electrons. The average molecular weight is 290 g/mol. The van der Waals surface area contributed by atoms with Crippen LogP contribution in [0.2, 0.25) is 0 Å². The molecule has 0 aliphatic rings. The zero-order valence-corrected chi connectivity index (χ0v) is 11.5. The van der Waals surface area contributed by atoms with Crippen molar-refractivity contribution in [2.24, 2.45) is 0 Å². The van der Waals surface area contributed by atoms with Gasteiger partial charge in [-0.05, 0) is 24.3 Å². The van der Waals surface area contributed by atoms with E-state index in [0.717, 1.165) is 0 Å². The Hall–Kier alpha value is -2.54. The number of hydrogen-bond donors (Lipinski definition) is 2. The molecule has 2 N–H and O–H groups in total. The maximum absolute atomic E-state index is 13.5. The normalized spacial score (nSPS) is 10.2. The quantitative estimate of drug-likeness (QED) is 0.795. The highest BCUT2D eigenvalue weighted by molar-refractivity contribution is 6.03. The molecule has 7 heteroatoms. The van der Waals surface area contributed by atoms with Gasteiger partial charge in [-0.1, -0.05) is 12.1 Å². The number of hydrogen-bond acceptors (Lipinski definition) is 5. The van der Waals surface area contributed by atoms with E-state index < -0.39 is 11.7 Å². The number of nitrogens with one attached hydrogen (secondary N) is 2. The fourth-order valence-electron chi connectivity index (χ4n) is 1.60. The van der Waals surface area contributed by atoms with Crippen molar-refractivity contribution in [3.8, 4) is 0 Å². The van der Waals surface area contributed by atoms with Gasteiger partial charge in [-0.3, -0.25) is 4.79 Å². The fourth-order valence-corrected chi connectivity index (χ4v) is 1.60. The molecule has 2 aromatic rings. The van der Waals surface area contributed by atoms with Gasteiger partial charge in [-0.25, -0.2) is 4.39 Å². The minimum atomic E-state index is -0.583. The van der Waals surface area contributed by atoms with E-state index in [1.807, 2.05) is 0 Å². The molecule has 21 heavy (non-hydrogen) atoms. The summed E-state index contributed by atoms with van der Waals surface area (Å²) in [5.74, 6) is -0.334. The van der Waals surface area contributed by atoms with Crippen LogP contribution in [-0.2, 0) is 4.74 Å². The molecule has 1 heterocycles. The minimum Gasteiger partial charge on any atom is -0.383 e. The molecule has 0 radical (unpaired) electrons. The van der Waals surface area contributed by atoms with Crippen molar-refractivity contribution in [3.63, 3.8) is 0 Å². The standard InChI is InChI=1S/C14H15FN4O2/c1-21-9-8-16-12-6-7-13(19-18-12)17-14(20)10-4-2-3-5-11(10)15/h2-7H,8-9H2,1H3,(H,16,18)(H,17,19,20). The Morgan fingerprint density at radius 2 is 1.90 bits per heavy atom. The molecule has 1 aromatic carbocycles. The molecule has 0 atom stereocenters. The number of nitrogens with zero attached hydrogens (tertiary/aromatic N) is 2. The van der Waals surface area contributed by atoms with E-state index in [2.05, 4.69) is 20.8 Å². The van der Waals surface area contributed by atoms with Crippen LogP contribution >= 0.6 is 0 Å². The second-order valence-corrected chi connectivity index (χ2v) is 4.16. The molecule has 0 spiro atoms. The van der Waals surface area contributed by atoms with Gasteiger partial charge in [0.1, 0.15) is 11.6 Å². The third-order valence-electron chi connectivity index (χ3n) is 2.64. The van der Waals surface area contributed by atoms with E-state index in [1.165, 1.54) is 18.2 Å². The number of carbonyl (C=O) groups excluding carboxylic acids is 1. The van der Waals surface area contributed by atoms with Crippen molar-refractivity contribution in [1.82, 2.24) is 10.2 Å². The van der Waals surface area contributed by atoms with Crippen molar-refractivity contribution in [2.75, 3.05) is 30.9 Å². The summed E-state index contributed by atoms with van der Waals surface area (Å²) >= 11 is 0. The Morgan fingerprint density at radius 3 is 2.57 bits per heavy atom. The lowest BCUT2D eigenvalue weighted by atomic mass is 10.2. The van der Waals surface area contributed by atoms with Gasteiger partial charge >= 0.3 is 0 Å². The van der Waals surface area contributed by atoms with E-state index in [4.69, 9.17) is 4.74 Å². The number of rotatable bonds is 6. The van der Waals surface area contributed by atoms with E-state index >= 15 is 0 Å². The van der Waals surface area contributed by atoms with Crippen molar-refractivity contribution < 1.29 is 13.9 Å². The highest BCUT2D eigenvalue weighted by Gasteiger charge is 2.11. The van der Waals surface area contributed by atoms with Gasteiger partial charge in [0.15, 0.2) is 5.82 Å². The summed E-state index contributed by atoms with van der Waals surface area (Å²) in [5, 5.41) is 13.2. The maximum atomic E-state index is 13.5. The second-order valence-electron chi connectivity index (χ2n) is 4.16. The largest absolute Gasteiger partial charge is 0.383 e. The summed E-state index contributed by atoms with van der Waals surface area (Å²) in [6.07, 6.45) is 0. The SMILES string of the molecule is COCCNc1ccc(NC(=O)c2ccccc2F)nn1. The van der Waals surface area contributed by atoms with E-state index in [0.29, 0.717) is 19.0 Å². The zero-order valence-electron chi connectivity index (χ0n) is 11.5. The van der Waals surface area contributed by atoms with Gasteiger partial charge in [0.25, 0.3) is 5.91 Å². The summed E-state index contributed by atoms with van der Waals surface area (Å²) in [6, 6.07) is 8.99. The third kappa shape index (κ3) is 4.22. The Balaban J connectivity index is 1.97. The minimum absolute atomic E-state index is 0.0402. The van der Waals surface area contributed by atoms with Crippen LogP contribution in [0.1, 0.15) is 10.4 Å². The van der Waals surface area contributed by atoms with Gasteiger partial charge in [-0.15, -0.1) is 10.2 Å². The molecule has 1 amide bonds. The number of anilines is 2. The van der Waals surface area contributed by atoms with Crippen molar-refractivity contribution in [2.45, 2.75) is 0 Å². The predicted octanol–water partition coefficient (Wildman–Crippen LogP) is 1.93. The van der Waals surface area contributed by atoms with Gasteiger partial charge in [0, 0.05) is 13.7 Å². The van der Waals surface area contributed by atoms with Crippen LogP contribution in [0.4, 0.5) is 16.0 Å². The first-order chi connectivity index (χ1) is 10.2. The predicted molar refractivity (Wildman–Crippen MR) is 76.8 cm³/mol. The smallest absolute Gasteiger partial charge is 0.259 e. The summed E-state index contributed by atoms with van der Waals surface area (Å²) < 4.78 is 18.4. The molecule has 0 saturated carbocycles. The van der Waals surface area contributed by atoms with Gasteiger partial charge in [-0.2, -0.15) is 0 Å². The number of ether oxygens (including phenoxy) is 1. The van der Waals surface area contributed by atoms with Crippen LogP contribution in [0.15, 0.2) is 36.4 Å². The number of methoxy groups -OCH3 is 1. The molecule has 1 aromatic heterocycles. The highest BCUT2D eigenvalue weighted by atomic mass is 19.1. The molecule has 0 unspecified atom stereocenters. The van der Waals surface area contributed by atoms with Crippen molar-refractivity contribution >= 4 is 17.5 Å². The number of halogens is 1. The molecular weight excluding hydrogens is 275 g/mol. The van der Waals surface area contributed by atoms with Gasteiger partial charge < -0.3 is 15.4 Å². The number of carbonyl (C=O) groups is 1. The molecule has 0 bridgehead atoms. The first-order valence-electron chi connectivity index (χ1n) is 6.33. The number of aromatic nitrogens is 2. The number of amides is 1. The lowest BCUT2D eigenvalue weighted by molar-refractivity contribution is 0.102. The third-order valence-corrected chi connectivity index (χ3v) is 2.64. The van der Waals surface area contributed by atoms with Crippen LogP contribution < -0.4 is 10.6 Å². The summed E-state index contributed by atoms with van der Waals surface area (Å²) in [7, 11) is 1.61. The lowest BCUT2D eigenvalue weighted by Crippen LogP contribution is -2.15.